The molecule has 316 valence electrons. The molecule has 0 amide bonds. The minimum atomic E-state index is -0.702. The smallest absolute Gasteiger partial charge is 0.159 e. The number of fused-ring (bicyclic) bond motifs is 9. The SMILES string of the molecule is Cc1ccccc1N(c1ccc2c3c(cccc13)C(c1ccc(C(C)(C)C)cc1)(c1ccc(C(C)(C)C)cc1)c1ccc3oc4ccccc4c3c1-2)c1cccc2c1oc1ccccc12. The highest BCUT2D eigenvalue weighted by molar-refractivity contribution is 6.21. The van der Waals surface area contributed by atoms with Gasteiger partial charge in [0.15, 0.2) is 5.58 Å². The van der Waals surface area contributed by atoms with E-state index >= 15 is 0 Å². The molecule has 0 unspecified atom stereocenters. The Morgan fingerprint density at radius 2 is 0.969 bits per heavy atom. The van der Waals surface area contributed by atoms with Crippen LogP contribution in [0.3, 0.4) is 0 Å². The van der Waals surface area contributed by atoms with Gasteiger partial charge in [0.25, 0.3) is 0 Å². The van der Waals surface area contributed by atoms with Crippen LogP contribution in [0.4, 0.5) is 17.1 Å². The van der Waals surface area contributed by atoms with Crippen LogP contribution < -0.4 is 4.90 Å². The van der Waals surface area contributed by atoms with E-state index in [1.807, 2.05) is 6.07 Å². The van der Waals surface area contributed by atoms with Crippen LogP contribution in [0.2, 0.25) is 0 Å². The lowest BCUT2D eigenvalue weighted by Crippen LogP contribution is -2.34. The van der Waals surface area contributed by atoms with Gasteiger partial charge in [0, 0.05) is 32.6 Å². The van der Waals surface area contributed by atoms with Crippen molar-refractivity contribution in [3.8, 4) is 11.1 Å². The zero-order valence-electron chi connectivity index (χ0n) is 38.1. The van der Waals surface area contributed by atoms with Crippen molar-refractivity contribution in [2.24, 2.45) is 0 Å². The maximum absolute atomic E-state index is 6.83. The van der Waals surface area contributed by atoms with Crippen LogP contribution >= 0.6 is 0 Å². The number of furan rings is 2. The lowest BCUT2D eigenvalue weighted by molar-refractivity contribution is 0.588. The van der Waals surface area contributed by atoms with Gasteiger partial charge in [-0.15, -0.1) is 0 Å². The van der Waals surface area contributed by atoms with Crippen molar-refractivity contribution < 1.29 is 8.83 Å². The molecule has 0 saturated carbocycles. The molecule has 1 aliphatic carbocycles. The van der Waals surface area contributed by atoms with Crippen LogP contribution in [0, 0.1) is 6.92 Å². The van der Waals surface area contributed by atoms with E-state index in [0.717, 1.165) is 66.3 Å². The molecule has 0 bridgehead atoms. The molecule has 65 heavy (non-hydrogen) atoms. The van der Waals surface area contributed by atoms with Crippen molar-refractivity contribution in [3.63, 3.8) is 0 Å². The zero-order valence-corrected chi connectivity index (χ0v) is 38.1. The molecule has 2 heterocycles. The highest BCUT2D eigenvalue weighted by Gasteiger charge is 2.46. The molecule has 0 radical (unpaired) electrons. The van der Waals surface area contributed by atoms with E-state index in [2.05, 4.69) is 229 Å². The molecule has 0 fully saturated rings. The van der Waals surface area contributed by atoms with Crippen molar-refractivity contribution in [3.05, 3.63) is 221 Å². The summed E-state index contributed by atoms with van der Waals surface area (Å²) in [5.41, 5.74) is 17.2. The van der Waals surface area contributed by atoms with Crippen LogP contribution in [0.15, 0.2) is 191 Å². The van der Waals surface area contributed by atoms with E-state index in [1.54, 1.807) is 0 Å². The molecule has 0 atom stereocenters. The highest BCUT2D eigenvalue weighted by atomic mass is 16.3. The van der Waals surface area contributed by atoms with E-state index in [4.69, 9.17) is 8.83 Å². The monoisotopic (exact) mass is 841 g/mol. The molecule has 0 spiro atoms. The Morgan fingerprint density at radius 3 is 1.65 bits per heavy atom. The third-order valence-corrected chi connectivity index (χ3v) is 14.2. The Labute approximate surface area is 380 Å². The summed E-state index contributed by atoms with van der Waals surface area (Å²) in [5.74, 6) is 0. The normalized spacial score (nSPS) is 13.6. The highest BCUT2D eigenvalue weighted by Crippen LogP contribution is 2.59. The molecule has 2 aromatic heterocycles. The number of nitrogens with zero attached hydrogens (tertiary/aromatic N) is 1. The van der Waals surface area contributed by atoms with Gasteiger partial charge < -0.3 is 13.7 Å². The summed E-state index contributed by atoms with van der Waals surface area (Å²) in [5, 5.41) is 6.86. The molecule has 3 heteroatoms. The van der Waals surface area contributed by atoms with Gasteiger partial charge in [0.1, 0.15) is 16.7 Å². The van der Waals surface area contributed by atoms with Gasteiger partial charge in [-0.1, -0.05) is 187 Å². The second-order valence-corrected chi connectivity index (χ2v) is 20.1. The molecule has 0 saturated heterocycles. The van der Waals surface area contributed by atoms with Crippen LogP contribution in [0.5, 0.6) is 0 Å². The van der Waals surface area contributed by atoms with Crippen LogP contribution in [-0.4, -0.2) is 0 Å². The van der Waals surface area contributed by atoms with Gasteiger partial charge in [0.05, 0.1) is 16.8 Å². The average Bonchev–Trinajstić information content (AvgIpc) is 3.89. The summed E-state index contributed by atoms with van der Waals surface area (Å²) in [7, 11) is 0. The number of para-hydroxylation sites is 4. The fourth-order valence-corrected chi connectivity index (χ4v) is 11.0. The predicted octanol–water partition coefficient (Wildman–Crippen LogP) is 17.4. The maximum atomic E-state index is 6.83. The summed E-state index contributed by atoms with van der Waals surface area (Å²) in [6, 6.07) is 67.4. The summed E-state index contributed by atoms with van der Waals surface area (Å²) >= 11 is 0. The van der Waals surface area contributed by atoms with E-state index in [1.165, 1.54) is 55.5 Å². The second kappa shape index (κ2) is 14.1. The first-order valence-electron chi connectivity index (χ1n) is 22.9. The van der Waals surface area contributed by atoms with E-state index in [-0.39, 0.29) is 10.8 Å². The lowest BCUT2D eigenvalue weighted by Gasteiger charge is -2.43. The third kappa shape index (κ3) is 5.74. The molecule has 11 aromatic rings. The van der Waals surface area contributed by atoms with Crippen molar-refractivity contribution in [1.29, 1.82) is 0 Å². The van der Waals surface area contributed by atoms with Gasteiger partial charge >= 0.3 is 0 Å². The predicted molar refractivity (Wildman–Crippen MR) is 273 cm³/mol. The largest absolute Gasteiger partial charge is 0.456 e. The minimum Gasteiger partial charge on any atom is -0.456 e. The minimum absolute atomic E-state index is 0.00433. The summed E-state index contributed by atoms with van der Waals surface area (Å²) in [6.07, 6.45) is 0. The van der Waals surface area contributed by atoms with Gasteiger partial charge in [-0.2, -0.15) is 0 Å². The van der Waals surface area contributed by atoms with Gasteiger partial charge in [0.2, 0.25) is 0 Å². The first-order valence-corrected chi connectivity index (χ1v) is 22.9. The van der Waals surface area contributed by atoms with Crippen LogP contribution in [-0.2, 0) is 16.2 Å². The number of anilines is 3. The Bertz CT molecular complexity index is 3620. The van der Waals surface area contributed by atoms with E-state index < -0.39 is 5.41 Å². The Balaban J connectivity index is 1.25. The number of rotatable bonds is 5. The van der Waals surface area contributed by atoms with Crippen molar-refractivity contribution in [1.82, 2.24) is 0 Å². The first-order chi connectivity index (χ1) is 31.4. The lowest BCUT2D eigenvalue weighted by atomic mass is 9.59. The second-order valence-electron chi connectivity index (χ2n) is 20.1. The fraction of sp³-hybridized carbons (Fsp3) is 0.161. The molecule has 12 rings (SSSR count). The fourth-order valence-electron chi connectivity index (χ4n) is 11.0. The Hall–Kier alpha value is -7.36. The quantitative estimate of drug-likeness (QED) is 0.173. The molecule has 1 aliphatic rings. The molecule has 0 aliphatic heterocycles. The molecular formula is C62H51NO2. The van der Waals surface area contributed by atoms with E-state index in [0.29, 0.717) is 0 Å². The van der Waals surface area contributed by atoms with Gasteiger partial charge in [-0.3, -0.25) is 0 Å². The standard InChI is InChI=1S/C62H51NO2/c1-38-16-8-11-22-50(38)63(52-23-15-19-44-43-17-9-12-24-53(43)65-59(44)52)51-36-34-47-56-45(51)20-14-21-48(56)62(41-30-26-39(27-31-41)60(2,3)4,42-32-28-40(29-33-42)61(5,6)7)49-35-37-55-58(57(47)49)46-18-10-13-25-54(46)64-55/h8-37H,1-7H3. The van der Waals surface area contributed by atoms with Crippen LogP contribution in [0.25, 0.3) is 65.8 Å². The molecular weight excluding hydrogens is 791 g/mol. The maximum Gasteiger partial charge on any atom is 0.159 e. The first kappa shape index (κ1) is 39.2. The molecule has 0 N–H and O–H groups in total. The third-order valence-electron chi connectivity index (χ3n) is 14.2. The van der Waals surface area contributed by atoms with Crippen molar-refractivity contribution in [2.75, 3.05) is 4.90 Å². The Morgan fingerprint density at radius 1 is 0.400 bits per heavy atom. The average molecular weight is 842 g/mol. The summed E-state index contributed by atoms with van der Waals surface area (Å²) in [6.45, 7) is 16.0. The number of hydrogen-bond donors (Lipinski definition) is 0. The van der Waals surface area contributed by atoms with Crippen LogP contribution in [0.1, 0.15) is 80.5 Å². The van der Waals surface area contributed by atoms with Crippen molar-refractivity contribution >= 4 is 71.7 Å². The molecule has 3 nitrogen and oxygen atoms in total. The summed E-state index contributed by atoms with van der Waals surface area (Å²) < 4.78 is 13.6. The number of benzene rings is 9. The van der Waals surface area contributed by atoms with E-state index in [9.17, 15) is 0 Å². The summed E-state index contributed by atoms with van der Waals surface area (Å²) in [4.78, 5) is 2.43. The number of hydrogen-bond acceptors (Lipinski definition) is 3. The van der Waals surface area contributed by atoms with Gasteiger partial charge in [-0.25, -0.2) is 0 Å². The molecule has 9 aromatic carbocycles. The van der Waals surface area contributed by atoms with Gasteiger partial charge in [-0.05, 0) is 110 Å². The topological polar surface area (TPSA) is 29.5 Å². The van der Waals surface area contributed by atoms with Crippen molar-refractivity contribution in [2.45, 2.75) is 64.7 Å². The zero-order chi connectivity index (χ0) is 44.4. The Kier molecular flexibility index (Phi) is 8.49. The number of aryl methyl sites for hydroxylation is 1.